The molecule has 0 aromatic heterocycles. The summed E-state index contributed by atoms with van der Waals surface area (Å²) in [6.07, 6.45) is 6.00. The van der Waals surface area contributed by atoms with E-state index in [1.807, 2.05) is 0 Å². The van der Waals surface area contributed by atoms with Crippen molar-refractivity contribution in [3.05, 3.63) is 35.9 Å². The molecule has 0 spiro atoms. The molecule has 1 aromatic carbocycles. The molecule has 3 rings (SSSR count). The van der Waals surface area contributed by atoms with E-state index in [0.717, 1.165) is 19.5 Å². The molecule has 0 bridgehead atoms. The van der Waals surface area contributed by atoms with E-state index in [0.29, 0.717) is 5.92 Å². The van der Waals surface area contributed by atoms with Gasteiger partial charge in [0.25, 0.3) is 0 Å². The van der Waals surface area contributed by atoms with Crippen LogP contribution >= 0.6 is 0 Å². The predicted molar refractivity (Wildman–Crippen MR) is 67.6 cm³/mol. The van der Waals surface area contributed by atoms with Gasteiger partial charge in [-0.3, -0.25) is 4.90 Å². The van der Waals surface area contributed by atoms with E-state index in [1.54, 1.807) is 0 Å². The quantitative estimate of drug-likeness (QED) is 0.732. The molecule has 1 saturated carbocycles. The van der Waals surface area contributed by atoms with E-state index in [4.69, 9.17) is 1.37 Å². The highest BCUT2D eigenvalue weighted by atomic mass is 15.2. The zero-order valence-electron chi connectivity index (χ0n) is 10.9. The summed E-state index contributed by atoms with van der Waals surface area (Å²) in [5.74, 6) is 0.418. The zero-order chi connectivity index (χ0) is 11.7. The maximum absolute atomic E-state index is 8.90. The molecular formula is C15H21N. The molecule has 2 aliphatic rings. The smallest absolute Gasteiger partial charge is 0.0474 e. The van der Waals surface area contributed by atoms with Gasteiger partial charge in [-0.25, -0.2) is 0 Å². The van der Waals surface area contributed by atoms with Crippen LogP contribution in [0.5, 0.6) is 0 Å². The minimum Gasteiger partial charge on any atom is -0.300 e. The molecule has 1 saturated heterocycles. The Morgan fingerprint density at radius 2 is 1.75 bits per heavy atom. The molecule has 1 aliphatic heterocycles. The number of benzene rings is 1. The van der Waals surface area contributed by atoms with Gasteiger partial charge >= 0.3 is 0 Å². The first-order chi connectivity index (χ1) is 8.31. The van der Waals surface area contributed by atoms with Gasteiger partial charge in [-0.1, -0.05) is 36.8 Å². The molecule has 2 fully saturated rings. The second-order valence-electron chi connectivity index (χ2n) is 5.04. The van der Waals surface area contributed by atoms with E-state index in [-0.39, 0.29) is 6.02 Å². The molecule has 1 heterocycles. The summed E-state index contributed by atoms with van der Waals surface area (Å²) < 4.78 is 8.90. The van der Waals surface area contributed by atoms with Crippen molar-refractivity contribution in [2.45, 2.75) is 44.0 Å². The van der Waals surface area contributed by atoms with Crippen molar-refractivity contribution in [2.75, 3.05) is 13.1 Å². The zero-order valence-corrected chi connectivity index (χ0v) is 9.86. The van der Waals surface area contributed by atoms with Gasteiger partial charge in [0.2, 0.25) is 0 Å². The minimum absolute atomic E-state index is 0.322. The first-order valence-corrected chi connectivity index (χ1v) is 6.61. The average Bonchev–Trinajstić information content (AvgIpc) is 2.99. The highest BCUT2D eigenvalue weighted by molar-refractivity contribution is 5.22. The van der Waals surface area contributed by atoms with Crippen LogP contribution in [0.15, 0.2) is 30.3 Å². The third kappa shape index (κ3) is 1.89. The van der Waals surface area contributed by atoms with Gasteiger partial charge in [0.05, 0.1) is 0 Å². The van der Waals surface area contributed by atoms with Crippen LogP contribution in [-0.4, -0.2) is 24.0 Å². The van der Waals surface area contributed by atoms with Gasteiger partial charge in [-0.2, -0.15) is 0 Å². The number of rotatable bonds is 2. The highest BCUT2D eigenvalue weighted by Gasteiger charge is 2.33. The summed E-state index contributed by atoms with van der Waals surface area (Å²) in [6, 6.07) is 10.4. The Labute approximate surface area is 99.9 Å². The Morgan fingerprint density at radius 3 is 2.50 bits per heavy atom. The standard InChI is InChI=1S/C15H21N/c1-2-7-13(8-3-1)14-9-6-10-15(14)16-11-4-5-12-16/h1-3,7-8,14-15H,4-6,9-12H2/t14-,15-/m1/s1/i15D. The highest BCUT2D eigenvalue weighted by Crippen LogP contribution is 2.38. The number of nitrogens with zero attached hydrogens (tertiary/aromatic N) is 1. The van der Waals surface area contributed by atoms with Crippen molar-refractivity contribution < 1.29 is 1.37 Å². The summed E-state index contributed by atoms with van der Waals surface area (Å²) in [5, 5.41) is 0. The molecule has 0 amide bonds. The van der Waals surface area contributed by atoms with Crippen LogP contribution in [0.25, 0.3) is 0 Å². The summed E-state index contributed by atoms with van der Waals surface area (Å²) in [7, 11) is 0. The van der Waals surface area contributed by atoms with Crippen molar-refractivity contribution in [2.24, 2.45) is 0 Å². The molecule has 0 unspecified atom stereocenters. The lowest BCUT2D eigenvalue weighted by Gasteiger charge is -2.29. The normalized spacial score (nSPS) is 36.5. The maximum Gasteiger partial charge on any atom is 0.0474 e. The van der Waals surface area contributed by atoms with E-state index >= 15 is 0 Å². The fraction of sp³-hybridized carbons (Fsp3) is 0.600. The summed E-state index contributed by atoms with van der Waals surface area (Å²) in [6.45, 7) is 2.26. The fourth-order valence-electron chi connectivity index (χ4n) is 3.26. The molecule has 16 heavy (non-hydrogen) atoms. The lowest BCUT2D eigenvalue weighted by atomic mass is 9.93. The lowest BCUT2D eigenvalue weighted by molar-refractivity contribution is 0.228. The van der Waals surface area contributed by atoms with E-state index in [1.165, 1.54) is 31.2 Å². The van der Waals surface area contributed by atoms with Crippen molar-refractivity contribution in [1.82, 2.24) is 4.90 Å². The lowest BCUT2D eigenvalue weighted by Crippen LogP contribution is -2.34. The van der Waals surface area contributed by atoms with E-state index in [9.17, 15) is 0 Å². The fourth-order valence-corrected chi connectivity index (χ4v) is 3.26. The van der Waals surface area contributed by atoms with Crippen LogP contribution in [0.1, 0.15) is 45.0 Å². The van der Waals surface area contributed by atoms with Crippen LogP contribution in [0.4, 0.5) is 0 Å². The third-order valence-electron chi connectivity index (χ3n) is 4.04. The van der Waals surface area contributed by atoms with Crippen LogP contribution in [0.2, 0.25) is 0 Å². The SMILES string of the molecule is [2H][C@@]1(N2CCCC2)CCC[C@@H]1c1ccccc1. The van der Waals surface area contributed by atoms with Gasteiger partial charge in [0.1, 0.15) is 0 Å². The monoisotopic (exact) mass is 216 g/mol. The molecule has 1 aromatic rings. The Kier molecular flexibility index (Phi) is 2.65. The first-order valence-electron chi connectivity index (χ1n) is 7.11. The van der Waals surface area contributed by atoms with Crippen molar-refractivity contribution >= 4 is 0 Å². The Hall–Kier alpha value is -0.820. The van der Waals surface area contributed by atoms with Gasteiger partial charge in [-0.05, 0) is 50.3 Å². The summed E-state index contributed by atoms with van der Waals surface area (Å²) in [4.78, 5) is 2.43. The van der Waals surface area contributed by atoms with Crippen LogP contribution in [-0.2, 0) is 0 Å². The maximum atomic E-state index is 8.90. The average molecular weight is 216 g/mol. The van der Waals surface area contributed by atoms with Gasteiger partial charge in [0, 0.05) is 7.39 Å². The summed E-state index contributed by atoms with van der Waals surface area (Å²) >= 11 is 0. The van der Waals surface area contributed by atoms with E-state index in [2.05, 4.69) is 35.2 Å². The second-order valence-corrected chi connectivity index (χ2v) is 5.04. The number of hydrogen-bond donors (Lipinski definition) is 0. The molecular weight excluding hydrogens is 194 g/mol. The second kappa shape index (κ2) is 4.58. The largest absolute Gasteiger partial charge is 0.300 e. The first kappa shape index (κ1) is 9.23. The van der Waals surface area contributed by atoms with Crippen molar-refractivity contribution in [3.63, 3.8) is 0 Å². The molecule has 1 aliphatic carbocycles. The Balaban J connectivity index is 1.88. The van der Waals surface area contributed by atoms with Gasteiger partial charge in [0.15, 0.2) is 0 Å². The molecule has 1 heteroatoms. The van der Waals surface area contributed by atoms with Crippen molar-refractivity contribution in [3.8, 4) is 0 Å². The molecule has 2 atom stereocenters. The Morgan fingerprint density at radius 1 is 1.00 bits per heavy atom. The molecule has 0 radical (unpaired) electrons. The van der Waals surface area contributed by atoms with Crippen molar-refractivity contribution in [1.29, 1.82) is 0 Å². The molecule has 0 N–H and O–H groups in total. The minimum atomic E-state index is -0.322. The molecule has 86 valence electrons. The Bertz CT molecular complexity index is 372. The number of likely N-dealkylation sites (tertiary alicyclic amines) is 1. The van der Waals surface area contributed by atoms with Crippen LogP contribution in [0, 0.1) is 0 Å². The topological polar surface area (TPSA) is 3.24 Å². The van der Waals surface area contributed by atoms with Crippen LogP contribution < -0.4 is 0 Å². The van der Waals surface area contributed by atoms with Crippen LogP contribution in [0.3, 0.4) is 0 Å². The summed E-state index contributed by atoms with van der Waals surface area (Å²) in [5.41, 5.74) is 1.37. The van der Waals surface area contributed by atoms with E-state index < -0.39 is 0 Å². The van der Waals surface area contributed by atoms with Gasteiger partial charge < -0.3 is 0 Å². The third-order valence-corrected chi connectivity index (χ3v) is 4.04. The van der Waals surface area contributed by atoms with Gasteiger partial charge in [-0.15, -0.1) is 0 Å². The predicted octanol–water partition coefficient (Wildman–Crippen LogP) is 3.42. The molecule has 1 nitrogen and oxygen atoms in total. The number of hydrogen-bond acceptors (Lipinski definition) is 1.